The van der Waals surface area contributed by atoms with E-state index in [1.165, 1.54) is 0 Å². The van der Waals surface area contributed by atoms with Crippen molar-refractivity contribution in [2.45, 2.75) is 32.7 Å². The average molecular weight is 242 g/mol. The van der Waals surface area contributed by atoms with E-state index in [0.717, 1.165) is 17.2 Å². The molecule has 3 N–H and O–H groups in total. The first-order valence-corrected chi connectivity index (χ1v) is 6.10. The van der Waals surface area contributed by atoms with Crippen molar-refractivity contribution in [2.24, 2.45) is 10.9 Å². The molecule has 0 radical (unpaired) electrons. The van der Waals surface area contributed by atoms with Crippen molar-refractivity contribution in [3.8, 4) is 0 Å². The molecule has 0 saturated carbocycles. The summed E-state index contributed by atoms with van der Waals surface area (Å²) in [7, 11) is 1.97. The summed E-state index contributed by atoms with van der Waals surface area (Å²) in [5.41, 5.74) is 6.58. The first-order chi connectivity index (χ1) is 7.58. The van der Waals surface area contributed by atoms with Crippen molar-refractivity contribution in [3.63, 3.8) is 0 Å². The molecule has 1 heterocycles. The van der Waals surface area contributed by atoms with Crippen LogP contribution < -0.4 is 10.6 Å². The van der Waals surface area contributed by atoms with Gasteiger partial charge in [0.1, 0.15) is 5.84 Å². The van der Waals surface area contributed by atoms with Crippen LogP contribution in [-0.2, 0) is 6.42 Å². The number of amidine groups is 1. The predicted molar refractivity (Wildman–Crippen MR) is 67.4 cm³/mol. The second-order valence-electron chi connectivity index (χ2n) is 3.73. The van der Waals surface area contributed by atoms with E-state index in [1.807, 2.05) is 18.9 Å². The quantitative estimate of drug-likeness (QED) is 0.356. The maximum Gasteiger partial charge on any atom is 0.185 e. The number of rotatable bonds is 5. The molecular weight excluding hydrogens is 224 g/mol. The normalized spacial score (nSPS) is 13.8. The number of hydrogen-bond donors (Lipinski definition) is 2. The van der Waals surface area contributed by atoms with E-state index in [1.54, 1.807) is 11.3 Å². The summed E-state index contributed by atoms with van der Waals surface area (Å²) in [5.74, 6) is 0.242. The molecule has 0 bridgehead atoms. The molecular formula is C10H18N4OS. The van der Waals surface area contributed by atoms with Crippen LogP contribution in [0.15, 0.2) is 10.5 Å². The van der Waals surface area contributed by atoms with Crippen molar-refractivity contribution in [1.82, 2.24) is 4.98 Å². The Morgan fingerprint density at radius 2 is 2.44 bits per heavy atom. The van der Waals surface area contributed by atoms with Gasteiger partial charge in [0, 0.05) is 24.9 Å². The number of hydrogen-bond acceptors (Lipinski definition) is 5. The molecule has 1 aromatic rings. The van der Waals surface area contributed by atoms with Crippen LogP contribution in [0.3, 0.4) is 0 Å². The zero-order valence-electron chi connectivity index (χ0n) is 9.84. The van der Waals surface area contributed by atoms with E-state index >= 15 is 0 Å². The van der Waals surface area contributed by atoms with Gasteiger partial charge in [0.15, 0.2) is 5.13 Å². The van der Waals surface area contributed by atoms with Crippen molar-refractivity contribution in [3.05, 3.63) is 11.1 Å². The van der Waals surface area contributed by atoms with E-state index in [0.29, 0.717) is 6.42 Å². The summed E-state index contributed by atoms with van der Waals surface area (Å²) in [5, 5.41) is 14.5. The molecule has 90 valence electrons. The fourth-order valence-electron chi connectivity index (χ4n) is 1.29. The molecule has 1 unspecified atom stereocenters. The highest BCUT2D eigenvalue weighted by molar-refractivity contribution is 7.13. The lowest BCUT2D eigenvalue weighted by Gasteiger charge is -2.23. The number of nitrogens with zero attached hydrogens (tertiary/aromatic N) is 3. The molecule has 0 aliphatic rings. The largest absolute Gasteiger partial charge is 0.409 e. The van der Waals surface area contributed by atoms with Crippen LogP contribution >= 0.6 is 11.3 Å². The summed E-state index contributed by atoms with van der Waals surface area (Å²) in [6, 6.07) is 0.159. The summed E-state index contributed by atoms with van der Waals surface area (Å²) >= 11 is 1.62. The van der Waals surface area contributed by atoms with Crippen LogP contribution in [0.1, 0.15) is 26.0 Å². The van der Waals surface area contributed by atoms with E-state index in [9.17, 15) is 0 Å². The van der Waals surface area contributed by atoms with Gasteiger partial charge < -0.3 is 15.8 Å². The maximum absolute atomic E-state index is 8.51. The number of anilines is 1. The molecule has 0 aliphatic carbocycles. The van der Waals surface area contributed by atoms with E-state index in [2.05, 4.69) is 22.4 Å². The third kappa shape index (κ3) is 3.10. The fraction of sp³-hybridized carbons (Fsp3) is 0.600. The van der Waals surface area contributed by atoms with Crippen LogP contribution in [0.4, 0.5) is 5.13 Å². The van der Waals surface area contributed by atoms with Gasteiger partial charge >= 0.3 is 0 Å². The number of aryl methyl sites for hydroxylation is 1. The van der Waals surface area contributed by atoms with E-state index in [-0.39, 0.29) is 11.9 Å². The van der Waals surface area contributed by atoms with Gasteiger partial charge in [-0.2, -0.15) is 0 Å². The third-order valence-electron chi connectivity index (χ3n) is 2.50. The van der Waals surface area contributed by atoms with Crippen molar-refractivity contribution < 1.29 is 5.21 Å². The Labute approximate surface area is 99.6 Å². The Morgan fingerprint density at radius 3 is 2.94 bits per heavy atom. The molecule has 1 atom stereocenters. The van der Waals surface area contributed by atoms with Gasteiger partial charge in [-0.25, -0.2) is 4.98 Å². The van der Waals surface area contributed by atoms with Crippen molar-refractivity contribution >= 4 is 22.3 Å². The molecule has 0 spiro atoms. The Bertz CT molecular complexity index is 363. The minimum Gasteiger partial charge on any atom is -0.409 e. The number of aromatic nitrogens is 1. The molecule has 0 aliphatic heterocycles. The molecule has 1 aromatic heterocycles. The van der Waals surface area contributed by atoms with Crippen LogP contribution in [0.5, 0.6) is 0 Å². The topological polar surface area (TPSA) is 74.7 Å². The molecule has 1 rings (SSSR count). The molecule has 0 fully saturated rings. The average Bonchev–Trinajstić information content (AvgIpc) is 2.76. The molecule has 0 amide bonds. The molecule has 0 aromatic carbocycles. The van der Waals surface area contributed by atoms with Crippen LogP contribution in [-0.4, -0.2) is 29.1 Å². The monoisotopic (exact) mass is 242 g/mol. The summed E-state index contributed by atoms with van der Waals surface area (Å²) in [4.78, 5) is 6.53. The van der Waals surface area contributed by atoms with Crippen LogP contribution in [0.2, 0.25) is 0 Å². The lowest BCUT2D eigenvalue weighted by atomic mass is 10.2. The zero-order valence-corrected chi connectivity index (χ0v) is 10.7. The fourth-order valence-corrected chi connectivity index (χ4v) is 2.27. The first-order valence-electron chi connectivity index (χ1n) is 5.22. The Hall–Kier alpha value is -1.30. The van der Waals surface area contributed by atoms with Gasteiger partial charge in [-0.3, -0.25) is 0 Å². The minimum absolute atomic E-state index is 0.159. The Kier molecular flexibility index (Phi) is 4.54. The smallest absolute Gasteiger partial charge is 0.185 e. The zero-order chi connectivity index (χ0) is 12.1. The molecule has 5 nitrogen and oxygen atoms in total. The maximum atomic E-state index is 8.51. The van der Waals surface area contributed by atoms with E-state index < -0.39 is 0 Å². The number of nitrogens with two attached hydrogens (primary N) is 1. The van der Waals surface area contributed by atoms with Gasteiger partial charge in [0.25, 0.3) is 0 Å². The first kappa shape index (κ1) is 12.8. The second-order valence-corrected chi connectivity index (χ2v) is 4.57. The lowest BCUT2D eigenvalue weighted by Crippen LogP contribution is -2.33. The summed E-state index contributed by atoms with van der Waals surface area (Å²) in [6.07, 6.45) is 1.47. The highest BCUT2D eigenvalue weighted by atomic mass is 32.1. The van der Waals surface area contributed by atoms with Gasteiger partial charge in [-0.15, -0.1) is 11.3 Å². The molecule has 6 heteroatoms. The number of oxime groups is 1. The second kappa shape index (κ2) is 5.69. The van der Waals surface area contributed by atoms with Gasteiger partial charge in [0.05, 0.1) is 5.69 Å². The summed E-state index contributed by atoms with van der Waals surface area (Å²) < 4.78 is 0. The van der Waals surface area contributed by atoms with Crippen LogP contribution in [0.25, 0.3) is 0 Å². The predicted octanol–water partition coefficient (Wildman–Crippen LogP) is 1.67. The van der Waals surface area contributed by atoms with E-state index in [4.69, 9.17) is 10.9 Å². The highest BCUT2D eigenvalue weighted by Gasteiger charge is 2.14. The Morgan fingerprint density at radius 1 is 1.75 bits per heavy atom. The lowest BCUT2D eigenvalue weighted by molar-refractivity contribution is 0.316. The summed E-state index contributed by atoms with van der Waals surface area (Å²) in [6.45, 7) is 4.10. The number of thiazole rings is 1. The Balaban J connectivity index is 2.66. The standard InChI is InChI=1S/C10H18N4OS/c1-4-8-6-16-10(12-8)14(3)7(2)5-9(11)13-15/h6-7,15H,4-5H2,1-3H3,(H2,11,13). The van der Waals surface area contributed by atoms with Gasteiger partial charge in [0.2, 0.25) is 0 Å². The third-order valence-corrected chi connectivity index (χ3v) is 3.48. The molecule has 0 saturated heterocycles. The van der Waals surface area contributed by atoms with Gasteiger partial charge in [-0.05, 0) is 13.3 Å². The van der Waals surface area contributed by atoms with Crippen molar-refractivity contribution in [1.29, 1.82) is 0 Å². The SMILES string of the molecule is CCc1csc(N(C)C(C)CC(N)=NO)n1. The molecule has 16 heavy (non-hydrogen) atoms. The highest BCUT2D eigenvalue weighted by Crippen LogP contribution is 2.22. The van der Waals surface area contributed by atoms with Crippen molar-refractivity contribution in [2.75, 3.05) is 11.9 Å². The van der Waals surface area contributed by atoms with Crippen LogP contribution in [0, 0.1) is 0 Å². The van der Waals surface area contributed by atoms with Gasteiger partial charge in [-0.1, -0.05) is 12.1 Å². The minimum atomic E-state index is 0.159.